The van der Waals surface area contributed by atoms with Crippen LogP contribution in [0.5, 0.6) is 0 Å². The van der Waals surface area contributed by atoms with E-state index in [-0.39, 0.29) is 0 Å². The van der Waals surface area contributed by atoms with Gasteiger partial charge in [0.1, 0.15) is 0 Å². The molecular formula is C15H32N4. The Morgan fingerprint density at radius 3 is 2.63 bits per heavy atom. The van der Waals surface area contributed by atoms with Crippen LogP contribution in [-0.4, -0.2) is 28.1 Å². The molecule has 0 saturated heterocycles. The number of nitrogens with one attached hydrogen (secondary N) is 1. The number of hydrogen-bond acceptors (Lipinski definition) is 3. The summed E-state index contributed by atoms with van der Waals surface area (Å²) in [7, 11) is 0. The molecule has 1 rings (SSSR count). The van der Waals surface area contributed by atoms with Crippen LogP contribution in [0.15, 0.2) is 6.20 Å². The van der Waals surface area contributed by atoms with Crippen LogP contribution in [0, 0.1) is 5.92 Å². The molecule has 0 bridgehead atoms. The highest BCUT2D eigenvalue weighted by Crippen LogP contribution is 2.07. The molecule has 0 aromatic carbocycles. The van der Waals surface area contributed by atoms with Gasteiger partial charge in [0.2, 0.25) is 0 Å². The van der Waals surface area contributed by atoms with E-state index in [1.54, 1.807) is 0 Å². The van der Waals surface area contributed by atoms with Gasteiger partial charge in [0, 0.05) is 12.7 Å². The fourth-order valence-electron chi connectivity index (χ4n) is 1.80. The summed E-state index contributed by atoms with van der Waals surface area (Å²) < 4.78 is 1.96. The molecule has 1 aromatic heterocycles. The molecule has 112 valence electrons. The maximum Gasteiger partial charge on any atom is 0.0827 e. The minimum absolute atomic E-state index is 0.783. The van der Waals surface area contributed by atoms with Gasteiger partial charge < -0.3 is 5.32 Å². The van der Waals surface area contributed by atoms with E-state index in [0.29, 0.717) is 0 Å². The molecule has 0 saturated carbocycles. The van der Waals surface area contributed by atoms with Gasteiger partial charge in [0.25, 0.3) is 0 Å². The lowest BCUT2D eigenvalue weighted by atomic mass is 10.1. The van der Waals surface area contributed by atoms with Gasteiger partial charge in [-0.05, 0) is 38.3 Å². The lowest BCUT2D eigenvalue weighted by Crippen LogP contribution is -2.16. The number of aryl methyl sites for hydroxylation is 2. The SMILES string of the molecule is CC.CCNCCCn1cc(CCCC(C)C)nn1. The quantitative estimate of drug-likeness (QED) is 0.699. The summed E-state index contributed by atoms with van der Waals surface area (Å²) in [5, 5.41) is 11.7. The van der Waals surface area contributed by atoms with Crippen molar-refractivity contribution in [2.75, 3.05) is 13.1 Å². The van der Waals surface area contributed by atoms with Gasteiger partial charge in [-0.25, -0.2) is 0 Å². The van der Waals surface area contributed by atoms with Gasteiger partial charge in [0.05, 0.1) is 5.69 Å². The zero-order valence-corrected chi connectivity index (χ0v) is 13.4. The molecule has 0 atom stereocenters. The van der Waals surface area contributed by atoms with Crippen molar-refractivity contribution in [2.45, 2.75) is 66.8 Å². The van der Waals surface area contributed by atoms with Crippen LogP contribution in [0.3, 0.4) is 0 Å². The number of hydrogen-bond donors (Lipinski definition) is 1. The molecule has 0 aliphatic heterocycles. The third kappa shape index (κ3) is 9.65. The molecule has 0 fully saturated rings. The summed E-state index contributed by atoms with van der Waals surface area (Å²) in [6.45, 7) is 13.7. The lowest BCUT2D eigenvalue weighted by Gasteiger charge is -2.02. The van der Waals surface area contributed by atoms with Crippen LogP contribution in [0.4, 0.5) is 0 Å². The minimum Gasteiger partial charge on any atom is -0.317 e. The molecule has 0 aliphatic rings. The first-order chi connectivity index (χ1) is 9.22. The molecule has 1 aromatic rings. The summed E-state index contributed by atoms with van der Waals surface area (Å²) >= 11 is 0. The van der Waals surface area contributed by atoms with E-state index in [1.165, 1.54) is 12.8 Å². The maximum absolute atomic E-state index is 4.20. The van der Waals surface area contributed by atoms with E-state index in [4.69, 9.17) is 0 Å². The molecule has 1 heterocycles. The molecule has 0 unspecified atom stereocenters. The van der Waals surface area contributed by atoms with Gasteiger partial charge in [-0.15, -0.1) is 5.10 Å². The predicted octanol–water partition coefficient (Wildman–Crippen LogP) is 3.28. The zero-order valence-electron chi connectivity index (χ0n) is 13.4. The van der Waals surface area contributed by atoms with E-state index in [9.17, 15) is 0 Å². The standard InChI is InChI=1S/C13H26N4.C2H6/c1-4-14-9-6-10-17-11-13(15-16-17)8-5-7-12(2)3;1-2/h11-12,14H,4-10H2,1-3H3;1-2H3. The second kappa shape index (κ2) is 12.2. The molecule has 19 heavy (non-hydrogen) atoms. The van der Waals surface area contributed by atoms with Gasteiger partial charge >= 0.3 is 0 Å². The van der Waals surface area contributed by atoms with Crippen molar-refractivity contribution < 1.29 is 0 Å². The van der Waals surface area contributed by atoms with E-state index >= 15 is 0 Å². The maximum atomic E-state index is 4.20. The molecule has 4 heteroatoms. The summed E-state index contributed by atoms with van der Waals surface area (Å²) in [4.78, 5) is 0. The van der Waals surface area contributed by atoms with E-state index in [2.05, 4.69) is 42.6 Å². The van der Waals surface area contributed by atoms with Crippen molar-refractivity contribution >= 4 is 0 Å². The fraction of sp³-hybridized carbons (Fsp3) is 0.867. The predicted molar refractivity (Wildman–Crippen MR) is 82.3 cm³/mol. The Kier molecular flexibility index (Phi) is 11.6. The number of rotatable bonds is 9. The highest BCUT2D eigenvalue weighted by atomic mass is 15.4. The van der Waals surface area contributed by atoms with Crippen molar-refractivity contribution in [1.82, 2.24) is 20.3 Å². The largest absolute Gasteiger partial charge is 0.317 e. The van der Waals surface area contributed by atoms with Crippen molar-refractivity contribution in [3.05, 3.63) is 11.9 Å². The van der Waals surface area contributed by atoms with Crippen LogP contribution in [-0.2, 0) is 13.0 Å². The minimum atomic E-state index is 0.783. The van der Waals surface area contributed by atoms with Crippen LogP contribution in [0.2, 0.25) is 0 Å². The molecule has 0 aliphatic carbocycles. The van der Waals surface area contributed by atoms with Crippen LogP contribution in [0.1, 0.15) is 59.6 Å². The second-order valence-electron chi connectivity index (χ2n) is 4.97. The average molecular weight is 268 g/mol. The lowest BCUT2D eigenvalue weighted by molar-refractivity contribution is 0.536. The second-order valence-corrected chi connectivity index (χ2v) is 4.97. The number of aromatic nitrogens is 3. The first-order valence-electron chi connectivity index (χ1n) is 7.82. The van der Waals surface area contributed by atoms with Crippen LogP contribution >= 0.6 is 0 Å². The summed E-state index contributed by atoms with van der Waals surface area (Å²) in [5.41, 5.74) is 1.13. The van der Waals surface area contributed by atoms with Gasteiger partial charge in [-0.2, -0.15) is 0 Å². The molecule has 4 nitrogen and oxygen atoms in total. The Labute approximate surface area is 119 Å². The van der Waals surface area contributed by atoms with E-state index in [0.717, 1.165) is 44.1 Å². The van der Waals surface area contributed by atoms with Crippen LogP contribution < -0.4 is 5.32 Å². The molecule has 0 spiro atoms. The first kappa shape index (κ1) is 18.1. The van der Waals surface area contributed by atoms with Crippen molar-refractivity contribution in [3.63, 3.8) is 0 Å². The van der Waals surface area contributed by atoms with E-state index in [1.807, 2.05) is 18.5 Å². The van der Waals surface area contributed by atoms with Gasteiger partial charge in [-0.3, -0.25) is 4.68 Å². The first-order valence-corrected chi connectivity index (χ1v) is 7.82. The number of nitrogens with zero attached hydrogens (tertiary/aromatic N) is 3. The van der Waals surface area contributed by atoms with Crippen molar-refractivity contribution in [3.8, 4) is 0 Å². The summed E-state index contributed by atoms with van der Waals surface area (Å²) in [5.74, 6) is 0.783. The Hall–Kier alpha value is -0.900. The third-order valence-corrected chi connectivity index (χ3v) is 2.79. The van der Waals surface area contributed by atoms with Crippen molar-refractivity contribution in [1.29, 1.82) is 0 Å². The monoisotopic (exact) mass is 268 g/mol. The van der Waals surface area contributed by atoms with Crippen molar-refractivity contribution in [2.24, 2.45) is 5.92 Å². The zero-order chi connectivity index (χ0) is 14.5. The Bertz CT molecular complexity index is 294. The normalized spacial score (nSPS) is 10.4. The highest BCUT2D eigenvalue weighted by Gasteiger charge is 2.01. The highest BCUT2D eigenvalue weighted by molar-refractivity contribution is 4.92. The average Bonchev–Trinajstić information content (AvgIpc) is 2.85. The third-order valence-electron chi connectivity index (χ3n) is 2.79. The Morgan fingerprint density at radius 1 is 1.26 bits per heavy atom. The smallest absolute Gasteiger partial charge is 0.0827 e. The summed E-state index contributed by atoms with van der Waals surface area (Å²) in [6.07, 6.45) is 6.75. The Balaban J connectivity index is 0.00000154. The molecular weight excluding hydrogens is 236 g/mol. The van der Waals surface area contributed by atoms with Gasteiger partial charge in [-0.1, -0.05) is 46.3 Å². The molecule has 1 N–H and O–H groups in total. The van der Waals surface area contributed by atoms with Crippen LogP contribution in [0.25, 0.3) is 0 Å². The fourth-order valence-corrected chi connectivity index (χ4v) is 1.80. The van der Waals surface area contributed by atoms with Gasteiger partial charge in [0.15, 0.2) is 0 Å². The molecule has 0 radical (unpaired) electrons. The van der Waals surface area contributed by atoms with E-state index < -0.39 is 0 Å². The topological polar surface area (TPSA) is 42.7 Å². The summed E-state index contributed by atoms with van der Waals surface area (Å²) in [6, 6.07) is 0. The Morgan fingerprint density at radius 2 is 2.00 bits per heavy atom. The molecule has 0 amide bonds.